The molecule has 1 aromatic heterocycles. The van der Waals surface area contributed by atoms with E-state index in [2.05, 4.69) is 20.8 Å². The van der Waals surface area contributed by atoms with Crippen molar-refractivity contribution in [3.8, 4) is 11.5 Å². The molecular formula is C23H26N4O3. The zero-order chi connectivity index (χ0) is 21.7. The summed E-state index contributed by atoms with van der Waals surface area (Å²) in [5.74, 6) is 0.491. The quantitative estimate of drug-likeness (QED) is 0.650. The van der Waals surface area contributed by atoms with E-state index in [0.717, 1.165) is 5.56 Å². The van der Waals surface area contributed by atoms with Crippen LogP contribution in [0.25, 0.3) is 11.5 Å². The Balaban J connectivity index is 1.77. The van der Waals surface area contributed by atoms with Crippen molar-refractivity contribution in [1.29, 1.82) is 0 Å². The summed E-state index contributed by atoms with van der Waals surface area (Å²) in [5, 5.41) is 9.71. The van der Waals surface area contributed by atoms with E-state index in [0.29, 0.717) is 35.0 Å². The second-order valence-electron chi connectivity index (χ2n) is 7.96. The molecule has 1 heterocycles. The molecule has 0 saturated heterocycles. The molecule has 0 aliphatic heterocycles. The fourth-order valence-corrected chi connectivity index (χ4v) is 2.87. The number of aromatic nitrogens is 2. The Morgan fingerprint density at radius 1 is 1.00 bits per heavy atom. The maximum Gasteiger partial charge on any atom is 0.258 e. The van der Waals surface area contributed by atoms with Crippen LogP contribution in [-0.2, 0) is 12.0 Å². The van der Waals surface area contributed by atoms with Gasteiger partial charge in [0.05, 0.1) is 11.1 Å². The third-order valence-corrected chi connectivity index (χ3v) is 4.48. The van der Waals surface area contributed by atoms with Gasteiger partial charge in [-0.15, -0.1) is 0 Å². The van der Waals surface area contributed by atoms with Crippen molar-refractivity contribution in [2.45, 2.75) is 39.7 Å². The summed E-state index contributed by atoms with van der Waals surface area (Å²) in [4.78, 5) is 29.3. The van der Waals surface area contributed by atoms with Gasteiger partial charge in [0.15, 0.2) is 5.82 Å². The van der Waals surface area contributed by atoms with Crippen LogP contribution >= 0.6 is 0 Å². The van der Waals surface area contributed by atoms with Gasteiger partial charge >= 0.3 is 0 Å². The van der Waals surface area contributed by atoms with Gasteiger partial charge in [-0.1, -0.05) is 50.2 Å². The lowest BCUT2D eigenvalue weighted by molar-refractivity contribution is 0.0947. The van der Waals surface area contributed by atoms with Gasteiger partial charge in [-0.25, -0.2) is 0 Å². The first-order valence-electron chi connectivity index (χ1n) is 9.88. The molecule has 2 aromatic carbocycles. The number of nitrogens with one attached hydrogen (secondary N) is 2. The monoisotopic (exact) mass is 406 g/mol. The van der Waals surface area contributed by atoms with Crippen LogP contribution in [0.15, 0.2) is 53.1 Å². The van der Waals surface area contributed by atoms with Gasteiger partial charge < -0.3 is 15.2 Å². The van der Waals surface area contributed by atoms with Crippen LogP contribution in [0.5, 0.6) is 0 Å². The SMILES string of the molecule is CCNC(=O)c1cccc(CNC(=O)c2ccccc2-c2nc(C(C)(C)C)no2)c1. The van der Waals surface area contributed by atoms with Crippen molar-refractivity contribution in [3.05, 3.63) is 71.0 Å². The zero-order valence-corrected chi connectivity index (χ0v) is 17.7. The average molecular weight is 406 g/mol. The first-order valence-corrected chi connectivity index (χ1v) is 9.88. The van der Waals surface area contributed by atoms with Gasteiger partial charge in [0, 0.05) is 24.1 Å². The molecule has 2 N–H and O–H groups in total. The number of nitrogens with zero attached hydrogens (tertiary/aromatic N) is 2. The highest BCUT2D eigenvalue weighted by molar-refractivity contribution is 6.00. The van der Waals surface area contributed by atoms with Crippen LogP contribution in [0.2, 0.25) is 0 Å². The zero-order valence-electron chi connectivity index (χ0n) is 17.7. The summed E-state index contributed by atoms with van der Waals surface area (Å²) in [6, 6.07) is 14.3. The van der Waals surface area contributed by atoms with Crippen LogP contribution in [0.4, 0.5) is 0 Å². The van der Waals surface area contributed by atoms with Gasteiger partial charge in [-0.3, -0.25) is 9.59 Å². The topological polar surface area (TPSA) is 97.1 Å². The Morgan fingerprint density at radius 2 is 1.77 bits per heavy atom. The van der Waals surface area contributed by atoms with Crippen LogP contribution in [0.3, 0.4) is 0 Å². The van der Waals surface area contributed by atoms with Gasteiger partial charge in [0.2, 0.25) is 0 Å². The summed E-state index contributed by atoms with van der Waals surface area (Å²) < 4.78 is 5.41. The molecule has 2 amide bonds. The summed E-state index contributed by atoms with van der Waals surface area (Å²) in [6.07, 6.45) is 0. The van der Waals surface area contributed by atoms with E-state index >= 15 is 0 Å². The molecule has 7 nitrogen and oxygen atoms in total. The second kappa shape index (κ2) is 8.90. The van der Waals surface area contributed by atoms with Crippen molar-refractivity contribution in [1.82, 2.24) is 20.8 Å². The molecule has 0 radical (unpaired) electrons. The molecule has 30 heavy (non-hydrogen) atoms. The highest BCUT2D eigenvalue weighted by Gasteiger charge is 2.23. The minimum absolute atomic E-state index is 0.137. The first kappa shape index (κ1) is 21.2. The summed E-state index contributed by atoms with van der Waals surface area (Å²) in [6.45, 7) is 8.70. The summed E-state index contributed by atoms with van der Waals surface area (Å²) >= 11 is 0. The Hall–Kier alpha value is -3.48. The number of rotatable bonds is 6. The maximum absolute atomic E-state index is 12.9. The Kier molecular flexibility index (Phi) is 6.30. The number of hydrogen-bond acceptors (Lipinski definition) is 5. The third kappa shape index (κ3) is 4.92. The van der Waals surface area contributed by atoms with E-state index in [1.165, 1.54) is 0 Å². The number of amides is 2. The normalized spacial score (nSPS) is 11.2. The van der Waals surface area contributed by atoms with Crippen LogP contribution < -0.4 is 10.6 Å². The van der Waals surface area contributed by atoms with E-state index in [4.69, 9.17) is 4.52 Å². The maximum atomic E-state index is 12.9. The lowest BCUT2D eigenvalue weighted by atomic mass is 9.96. The van der Waals surface area contributed by atoms with Gasteiger partial charge in [-0.2, -0.15) is 4.98 Å². The molecule has 0 aliphatic rings. The van der Waals surface area contributed by atoms with E-state index in [1.807, 2.05) is 39.8 Å². The smallest absolute Gasteiger partial charge is 0.258 e. The van der Waals surface area contributed by atoms with Gasteiger partial charge in [0.1, 0.15) is 0 Å². The van der Waals surface area contributed by atoms with E-state index < -0.39 is 0 Å². The Bertz CT molecular complexity index is 1050. The minimum Gasteiger partial charge on any atom is -0.352 e. The van der Waals surface area contributed by atoms with Crippen molar-refractivity contribution in [3.63, 3.8) is 0 Å². The Morgan fingerprint density at radius 3 is 2.47 bits per heavy atom. The molecule has 0 spiro atoms. The molecule has 0 unspecified atom stereocenters. The second-order valence-corrected chi connectivity index (χ2v) is 7.96. The third-order valence-electron chi connectivity index (χ3n) is 4.48. The van der Waals surface area contributed by atoms with Crippen LogP contribution in [0.1, 0.15) is 59.8 Å². The first-order chi connectivity index (χ1) is 14.3. The summed E-state index contributed by atoms with van der Waals surface area (Å²) in [7, 11) is 0. The minimum atomic E-state index is -0.260. The van der Waals surface area contributed by atoms with Crippen LogP contribution in [-0.4, -0.2) is 28.5 Å². The molecular weight excluding hydrogens is 380 g/mol. The molecule has 0 fully saturated rings. The molecule has 0 saturated carbocycles. The summed E-state index contributed by atoms with van der Waals surface area (Å²) in [5.41, 5.74) is 2.16. The van der Waals surface area contributed by atoms with Gasteiger partial charge in [0.25, 0.3) is 17.7 Å². The lowest BCUT2D eigenvalue weighted by Gasteiger charge is -2.11. The van der Waals surface area contributed by atoms with Crippen molar-refractivity contribution >= 4 is 11.8 Å². The van der Waals surface area contributed by atoms with Crippen molar-refractivity contribution in [2.75, 3.05) is 6.54 Å². The molecule has 156 valence electrons. The predicted octanol–water partition coefficient (Wildman–Crippen LogP) is 3.71. The highest BCUT2D eigenvalue weighted by Crippen LogP contribution is 2.26. The fourth-order valence-electron chi connectivity index (χ4n) is 2.87. The van der Waals surface area contributed by atoms with E-state index in [1.54, 1.807) is 36.4 Å². The van der Waals surface area contributed by atoms with Crippen molar-refractivity contribution < 1.29 is 14.1 Å². The Labute approximate surface area is 175 Å². The largest absolute Gasteiger partial charge is 0.352 e. The molecule has 7 heteroatoms. The predicted molar refractivity (Wildman–Crippen MR) is 114 cm³/mol. The van der Waals surface area contributed by atoms with E-state index in [9.17, 15) is 9.59 Å². The lowest BCUT2D eigenvalue weighted by Crippen LogP contribution is -2.25. The average Bonchev–Trinajstić information content (AvgIpc) is 3.23. The number of hydrogen-bond donors (Lipinski definition) is 2. The standard InChI is InChI=1S/C23H26N4O3/c1-5-24-19(28)16-10-8-9-15(13-16)14-25-20(29)17-11-6-7-12-18(17)21-26-22(27-30-21)23(2,3)4/h6-13H,5,14H2,1-4H3,(H,24,28)(H,25,29). The number of carbonyl (C=O) groups is 2. The fraction of sp³-hybridized carbons (Fsp3) is 0.304. The van der Waals surface area contributed by atoms with Crippen molar-refractivity contribution in [2.24, 2.45) is 0 Å². The number of benzene rings is 2. The molecule has 3 rings (SSSR count). The van der Waals surface area contributed by atoms with Crippen LogP contribution in [0, 0.1) is 0 Å². The van der Waals surface area contributed by atoms with Gasteiger partial charge in [-0.05, 0) is 36.8 Å². The van der Waals surface area contributed by atoms with E-state index in [-0.39, 0.29) is 23.8 Å². The molecule has 0 atom stereocenters. The molecule has 0 aliphatic carbocycles. The molecule has 0 bridgehead atoms. The number of carbonyl (C=O) groups excluding carboxylic acids is 2. The highest BCUT2D eigenvalue weighted by atomic mass is 16.5. The molecule has 3 aromatic rings.